The number of hydrogen-bond donors (Lipinski definition) is 3. The van der Waals surface area contributed by atoms with Crippen LogP contribution in [0.2, 0.25) is 0 Å². The number of methoxy groups -OCH3 is 1. The van der Waals surface area contributed by atoms with Crippen LogP contribution in [0, 0.1) is 10.1 Å². The van der Waals surface area contributed by atoms with E-state index in [2.05, 4.69) is 22.2 Å². The van der Waals surface area contributed by atoms with Crippen LogP contribution in [0.3, 0.4) is 0 Å². The minimum absolute atomic E-state index is 0.0814. The van der Waals surface area contributed by atoms with Gasteiger partial charge >= 0.3 is 5.82 Å². The van der Waals surface area contributed by atoms with E-state index < -0.39 is 16.3 Å². The van der Waals surface area contributed by atoms with Crippen molar-refractivity contribution in [3.8, 4) is 5.75 Å². The number of aliphatic imine (C=N–C) groups is 2. The fourth-order valence-corrected chi connectivity index (χ4v) is 3.88. The number of nitrogens with one attached hydrogen (secondary N) is 1. The predicted molar refractivity (Wildman–Crippen MR) is 178 cm³/mol. The number of allylic oxidation sites excluding steroid dienone is 4. The summed E-state index contributed by atoms with van der Waals surface area (Å²) >= 11 is 0. The molecule has 0 aliphatic rings. The summed E-state index contributed by atoms with van der Waals surface area (Å²) in [5, 5.41) is 24.7. The molecule has 2 aromatic heterocycles. The van der Waals surface area contributed by atoms with E-state index in [4.69, 9.17) is 15.5 Å². The van der Waals surface area contributed by atoms with Crippen molar-refractivity contribution in [2.45, 2.75) is 66.5 Å². The number of rotatable bonds is 14. The van der Waals surface area contributed by atoms with Gasteiger partial charge in [-0.25, -0.2) is 4.98 Å². The SMILES string of the molecule is CC.CCC/C=C/N=C(/C=C(\C)NCc1ccc(/C(C=NCC(C)(C)O)=C(/N)[N+](=O)[O-])cc1)c1cnc2cc(OC)ccn12. The smallest absolute Gasteiger partial charge is 0.323 e. The lowest BCUT2D eigenvalue weighted by molar-refractivity contribution is -0.425. The summed E-state index contributed by atoms with van der Waals surface area (Å²) in [6.45, 7) is 11.9. The molecule has 0 saturated carbocycles. The zero-order chi connectivity index (χ0) is 32.7. The Hall–Kier alpha value is -4.77. The standard InChI is InChI=1S/C31H39N7O4.C2H6/c1-6-7-8-14-34-27(28-20-36-29-17-25(42-5)13-15-37(28)29)16-22(2)35-18-23-9-11-24(12-10-23)26(30(32)38(40)41)19-33-21-31(3,4)39;1-2/h8-17,19-20,35,39H,6-7,18,21,32H2,1-5H3;1-2H3/b14-8+,22-16+,30-26-,33-19?,34-27-;. The maximum absolute atomic E-state index is 11.4. The first kappa shape index (κ1) is 35.4. The highest BCUT2D eigenvalue weighted by Crippen LogP contribution is 2.18. The summed E-state index contributed by atoms with van der Waals surface area (Å²) in [5.74, 6) is 0.218. The Morgan fingerprint density at radius 3 is 2.57 bits per heavy atom. The van der Waals surface area contributed by atoms with Gasteiger partial charge in [-0.1, -0.05) is 57.5 Å². The van der Waals surface area contributed by atoms with Gasteiger partial charge in [0.1, 0.15) is 11.4 Å². The summed E-state index contributed by atoms with van der Waals surface area (Å²) in [7, 11) is 1.62. The number of pyridine rings is 1. The Bertz CT molecular complexity index is 1530. The lowest BCUT2D eigenvalue weighted by Crippen LogP contribution is -2.22. The third-order valence-corrected chi connectivity index (χ3v) is 6.12. The molecule has 11 heteroatoms. The van der Waals surface area contributed by atoms with E-state index in [0.717, 1.165) is 46.9 Å². The van der Waals surface area contributed by atoms with Gasteiger partial charge in [0.2, 0.25) is 0 Å². The van der Waals surface area contributed by atoms with E-state index in [-0.39, 0.29) is 12.1 Å². The number of nitro groups is 1. The molecule has 0 atom stereocenters. The summed E-state index contributed by atoms with van der Waals surface area (Å²) in [6.07, 6.45) is 12.8. The molecule has 3 aromatic rings. The first-order valence-corrected chi connectivity index (χ1v) is 14.6. The van der Waals surface area contributed by atoms with Gasteiger partial charge in [0.15, 0.2) is 0 Å². The summed E-state index contributed by atoms with van der Waals surface area (Å²) in [6, 6.07) is 11.0. The number of aliphatic hydroxyl groups is 1. The molecule has 0 aliphatic heterocycles. The van der Waals surface area contributed by atoms with E-state index in [0.29, 0.717) is 12.1 Å². The number of ether oxygens (including phenoxy) is 1. The van der Waals surface area contributed by atoms with Gasteiger partial charge in [0.05, 0.1) is 42.4 Å². The number of imidazole rings is 1. The molecule has 11 nitrogen and oxygen atoms in total. The molecule has 44 heavy (non-hydrogen) atoms. The maximum Gasteiger partial charge on any atom is 0.323 e. The molecule has 0 bridgehead atoms. The van der Waals surface area contributed by atoms with Gasteiger partial charge in [-0.3, -0.25) is 20.1 Å². The molecule has 2 heterocycles. The average Bonchev–Trinajstić information content (AvgIpc) is 3.43. The molecule has 0 saturated heterocycles. The largest absolute Gasteiger partial charge is 0.497 e. The van der Waals surface area contributed by atoms with Gasteiger partial charge in [-0.15, -0.1) is 0 Å². The van der Waals surface area contributed by atoms with Gasteiger partial charge in [-0.05, 0) is 55.4 Å². The highest BCUT2D eigenvalue weighted by molar-refractivity contribution is 6.10. The second kappa shape index (κ2) is 17.4. The fourth-order valence-electron chi connectivity index (χ4n) is 3.88. The Labute approximate surface area is 259 Å². The molecule has 0 unspecified atom stereocenters. The zero-order valence-corrected chi connectivity index (χ0v) is 26.7. The van der Waals surface area contributed by atoms with Crippen molar-refractivity contribution in [2.24, 2.45) is 15.7 Å². The van der Waals surface area contributed by atoms with Gasteiger partial charge in [0.25, 0.3) is 0 Å². The molecular formula is C33H45N7O4. The van der Waals surface area contributed by atoms with Crippen LogP contribution in [-0.4, -0.2) is 50.6 Å². The van der Waals surface area contributed by atoms with Gasteiger partial charge in [0, 0.05) is 36.9 Å². The molecule has 0 radical (unpaired) electrons. The third kappa shape index (κ3) is 10.8. The van der Waals surface area contributed by atoms with Crippen molar-refractivity contribution in [3.63, 3.8) is 0 Å². The molecule has 0 fully saturated rings. The first-order chi connectivity index (χ1) is 21.0. The number of hydrogen-bond acceptors (Lipinski definition) is 9. The van der Waals surface area contributed by atoms with Gasteiger partial charge < -0.3 is 25.3 Å². The van der Waals surface area contributed by atoms with Crippen LogP contribution >= 0.6 is 0 Å². The Balaban J connectivity index is 0.00000330. The van der Waals surface area contributed by atoms with E-state index in [9.17, 15) is 15.2 Å². The monoisotopic (exact) mass is 603 g/mol. The van der Waals surface area contributed by atoms with Crippen LogP contribution in [0.15, 0.2) is 88.6 Å². The lowest BCUT2D eigenvalue weighted by atomic mass is 10.0. The third-order valence-electron chi connectivity index (χ3n) is 6.12. The Kier molecular flexibility index (Phi) is 14.0. The number of aromatic nitrogens is 2. The van der Waals surface area contributed by atoms with Crippen molar-refractivity contribution < 1.29 is 14.8 Å². The molecule has 3 rings (SSSR count). The number of benzene rings is 1. The van der Waals surface area contributed by atoms with Crippen LogP contribution in [0.4, 0.5) is 0 Å². The fraction of sp³-hybridized carbons (Fsp3) is 0.364. The van der Waals surface area contributed by atoms with Crippen molar-refractivity contribution in [1.82, 2.24) is 14.7 Å². The minimum atomic E-state index is -1.04. The van der Waals surface area contributed by atoms with Crippen molar-refractivity contribution >= 4 is 23.1 Å². The summed E-state index contributed by atoms with van der Waals surface area (Å²) < 4.78 is 7.29. The molecular weight excluding hydrogens is 558 g/mol. The predicted octanol–water partition coefficient (Wildman–Crippen LogP) is 5.91. The van der Waals surface area contributed by atoms with Crippen molar-refractivity contribution in [2.75, 3.05) is 13.7 Å². The van der Waals surface area contributed by atoms with E-state index in [1.807, 2.05) is 74.0 Å². The molecule has 0 amide bonds. The average molecular weight is 604 g/mol. The van der Waals surface area contributed by atoms with Crippen LogP contribution in [-0.2, 0) is 6.54 Å². The summed E-state index contributed by atoms with van der Waals surface area (Å²) in [5.41, 5.74) is 9.63. The molecule has 236 valence electrons. The molecule has 1 aromatic carbocycles. The highest BCUT2D eigenvalue weighted by atomic mass is 16.6. The van der Waals surface area contributed by atoms with Crippen molar-refractivity contribution in [3.05, 3.63) is 106 Å². The minimum Gasteiger partial charge on any atom is -0.497 e. The zero-order valence-electron chi connectivity index (χ0n) is 26.7. The number of nitrogens with two attached hydrogens (primary N) is 1. The molecule has 4 N–H and O–H groups in total. The lowest BCUT2D eigenvalue weighted by Gasteiger charge is -2.13. The van der Waals surface area contributed by atoms with E-state index in [1.54, 1.807) is 39.3 Å². The topological polar surface area (TPSA) is 153 Å². The van der Waals surface area contributed by atoms with Crippen LogP contribution in [0.5, 0.6) is 5.75 Å². The van der Waals surface area contributed by atoms with E-state index in [1.165, 1.54) is 6.21 Å². The van der Waals surface area contributed by atoms with Crippen molar-refractivity contribution in [1.29, 1.82) is 0 Å². The first-order valence-electron chi connectivity index (χ1n) is 14.6. The normalized spacial score (nSPS) is 13.2. The van der Waals surface area contributed by atoms with Crippen LogP contribution in [0.1, 0.15) is 71.2 Å². The number of nitrogens with zero attached hydrogens (tertiary/aromatic N) is 5. The summed E-state index contributed by atoms with van der Waals surface area (Å²) in [4.78, 5) is 24.1. The maximum atomic E-state index is 11.4. The molecule has 0 spiro atoms. The number of fused-ring (bicyclic) bond motifs is 1. The number of unbranched alkanes of at least 4 members (excludes halogenated alkanes) is 1. The Morgan fingerprint density at radius 2 is 1.95 bits per heavy atom. The van der Waals surface area contributed by atoms with Crippen LogP contribution < -0.4 is 15.8 Å². The van der Waals surface area contributed by atoms with Gasteiger partial charge in [-0.2, -0.15) is 0 Å². The second-order valence-corrected chi connectivity index (χ2v) is 10.3. The Morgan fingerprint density at radius 1 is 1.25 bits per heavy atom. The highest BCUT2D eigenvalue weighted by Gasteiger charge is 2.15. The quantitative estimate of drug-likeness (QED) is 0.118. The van der Waals surface area contributed by atoms with Crippen LogP contribution in [0.25, 0.3) is 11.2 Å². The second-order valence-electron chi connectivity index (χ2n) is 10.3. The van der Waals surface area contributed by atoms with E-state index >= 15 is 0 Å². The molecule has 0 aliphatic carbocycles.